The van der Waals surface area contributed by atoms with Crippen LogP contribution in [0.25, 0.3) is 0 Å². The van der Waals surface area contributed by atoms with Crippen LogP contribution in [0.2, 0.25) is 0 Å². The lowest BCUT2D eigenvalue weighted by molar-refractivity contribution is 0.0604. The summed E-state index contributed by atoms with van der Waals surface area (Å²) in [7, 11) is 1.79. The van der Waals surface area contributed by atoms with E-state index in [0.717, 1.165) is 17.7 Å². The molecule has 0 aliphatic carbocycles. The van der Waals surface area contributed by atoms with Crippen LogP contribution >= 0.6 is 11.3 Å². The molecule has 7 heteroatoms. The van der Waals surface area contributed by atoms with Gasteiger partial charge in [-0.1, -0.05) is 13.8 Å². The summed E-state index contributed by atoms with van der Waals surface area (Å²) < 4.78 is 1.65. The summed E-state index contributed by atoms with van der Waals surface area (Å²) in [6.45, 7) is 6.06. The molecule has 0 aliphatic heterocycles. The molecular weight excluding hydrogens is 312 g/mol. The number of aromatic nitrogens is 2. The quantitative estimate of drug-likeness (QED) is 0.759. The Morgan fingerprint density at radius 3 is 2.87 bits per heavy atom. The minimum Gasteiger partial charge on any atom is -0.384 e. The molecule has 0 saturated heterocycles. The zero-order valence-electron chi connectivity index (χ0n) is 14.0. The van der Waals surface area contributed by atoms with E-state index in [-0.39, 0.29) is 12.6 Å². The SMILES string of the molecule is CC(C)Cc1cc(NC(=O)NC[C@](C)(O)c2ccsc2)n(C)n1. The Hall–Kier alpha value is -1.86. The standard InChI is InChI=1S/C16H24N4O2S/c1-11(2)7-13-8-14(20(4)19-13)18-15(21)17-10-16(3,22)12-5-6-23-9-12/h5-6,8-9,11,22H,7,10H2,1-4H3,(H2,17,18,21)/t16-/m0/s1. The minimum absolute atomic E-state index is 0.131. The zero-order valence-corrected chi connectivity index (χ0v) is 14.8. The van der Waals surface area contributed by atoms with Crippen LogP contribution < -0.4 is 10.6 Å². The molecule has 0 radical (unpaired) electrons. The number of hydrogen-bond acceptors (Lipinski definition) is 4. The van der Waals surface area contributed by atoms with Crippen LogP contribution in [-0.2, 0) is 19.1 Å². The lowest BCUT2D eigenvalue weighted by Crippen LogP contribution is -2.40. The van der Waals surface area contributed by atoms with Gasteiger partial charge in [0, 0.05) is 13.1 Å². The van der Waals surface area contributed by atoms with Crippen molar-refractivity contribution >= 4 is 23.2 Å². The molecule has 0 fully saturated rings. The lowest BCUT2D eigenvalue weighted by atomic mass is 9.99. The maximum absolute atomic E-state index is 12.0. The number of anilines is 1. The third-order valence-corrected chi connectivity index (χ3v) is 4.21. The average molecular weight is 336 g/mol. The zero-order chi connectivity index (χ0) is 17.0. The summed E-state index contributed by atoms with van der Waals surface area (Å²) in [5, 5.41) is 24.0. The molecule has 0 bridgehead atoms. The largest absolute Gasteiger partial charge is 0.384 e. The molecule has 0 spiro atoms. The van der Waals surface area contributed by atoms with Crippen LogP contribution in [0.15, 0.2) is 22.9 Å². The van der Waals surface area contributed by atoms with Crippen molar-refractivity contribution in [2.24, 2.45) is 13.0 Å². The third-order valence-electron chi connectivity index (χ3n) is 3.53. The van der Waals surface area contributed by atoms with E-state index in [1.807, 2.05) is 22.9 Å². The molecule has 2 rings (SSSR count). The third kappa shape index (κ3) is 4.80. The van der Waals surface area contributed by atoms with E-state index in [1.165, 1.54) is 11.3 Å². The van der Waals surface area contributed by atoms with Gasteiger partial charge in [0.05, 0.1) is 12.2 Å². The first kappa shape index (κ1) is 17.5. The number of hydrogen-bond donors (Lipinski definition) is 3. The fourth-order valence-corrected chi connectivity index (χ4v) is 3.03. The van der Waals surface area contributed by atoms with E-state index in [9.17, 15) is 9.90 Å². The number of thiophene rings is 1. The van der Waals surface area contributed by atoms with Crippen molar-refractivity contribution in [3.05, 3.63) is 34.2 Å². The van der Waals surface area contributed by atoms with E-state index in [0.29, 0.717) is 11.7 Å². The molecule has 2 amide bonds. The first-order valence-corrected chi connectivity index (χ1v) is 8.55. The number of amides is 2. The molecule has 0 aliphatic rings. The number of aliphatic hydroxyl groups is 1. The van der Waals surface area contributed by atoms with Gasteiger partial charge in [-0.25, -0.2) is 4.79 Å². The topological polar surface area (TPSA) is 79.2 Å². The monoisotopic (exact) mass is 336 g/mol. The highest BCUT2D eigenvalue weighted by atomic mass is 32.1. The fourth-order valence-electron chi connectivity index (χ4n) is 2.25. The van der Waals surface area contributed by atoms with Crippen LogP contribution in [0.5, 0.6) is 0 Å². The lowest BCUT2D eigenvalue weighted by Gasteiger charge is -2.22. The van der Waals surface area contributed by atoms with Crippen LogP contribution in [0.4, 0.5) is 10.6 Å². The molecule has 2 heterocycles. The van der Waals surface area contributed by atoms with E-state index in [4.69, 9.17) is 0 Å². The predicted molar refractivity (Wildman–Crippen MR) is 92.7 cm³/mol. The van der Waals surface area contributed by atoms with Gasteiger partial charge in [0.25, 0.3) is 0 Å². The van der Waals surface area contributed by atoms with E-state index in [1.54, 1.807) is 18.7 Å². The van der Waals surface area contributed by atoms with Gasteiger partial charge in [0.2, 0.25) is 0 Å². The molecule has 23 heavy (non-hydrogen) atoms. The molecular formula is C16H24N4O2S. The number of nitrogens with one attached hydrogen (secondary N) is 2. The second-order valence-electron chi connectivity index (χ2n) is 6.34. The highest BCUT2D eigenvalue weighted by Gasteiger charge is 2.24. The Morgan fingerprint density at radius 1 is 1.52 bits per heavy atom. The molecule has 2 aromatic rings. The highest BCUT2D eigenvalue weighted by molar-refractivity contribution is 7.08. The van der Waals surface area contributed by atoms with Crippen molar-refractivity contribution in [1.29, 1.82) is 0 Å². The highest BCUT2D eigenvalue weighted by Crippen LogP contribution is 2.22. The van der Waals surface area contributed by atoms with Gasteiger partial charge >= 0.3 is 6.03 Å². The second kappa shape index (κ2) is 7.14. The van der Waals surface area contributed by atoms with Gasteiger partial charge in [-0.3, -0.25) is 10.00 Å². The van der Waals surface area contributed by atoms with Crippen molar-refractivity contribution in [2.45, 2.75) is 32.8 Å². The van der Waals surface area contributed by atoms with Gasteiger partial charge in [-0.2, -0.15) is 16.4 Å². The molecule has 0 saturated carbocycles. The fraction of sp³-hybridized carbons (Fsp3) is 0.500. The van der Waals surface area contributed by atoms with Crippen LogP contribution in [0, 0.1) is 5.92 Å². The summed E-state index contributed by atoms with van der Waals surface area (Å²) in [5.74, 6) is 1.14. The number of rotatable bonds is 6. The van der Waals surface area contributed by atoms with Crippen molar-refractivity contribution < 1.29 is 9.90 Å². The molecule has 3 N–H and O–H groups in total. The first-order valence-electron chi connectivity index (χ1n) is 7.61. The van der Waals surface area contributed by atoms with Crippen LogP contribution in [0.3, 0.4) is 0 Å². The minimum atomic E-state index is -1.09. The molecule has 1 atom stereocenters. The summed E-state index contributed by atoms with van der Waals surface area (Å²) in [5.41, 5.74) is 0.651. The van der Waals surface area contributed by atoms with E-state index >= 15 is 0 Å². The Morgan fingerprint density at radius 2 is 2.26 bits per heavy atom. The number of aryl methyl sites for hydroxylation is 1. The summed E-state index contributed by atoms with van der Waals surface area (Å²) in [6.07, 6.45) is 0.865. The van der Waals surface area contributed by atoms with Crippen molar-refractivity contribution in [3.8, 4) is 0 Å². The maximum atomic E-state index is 12.0. The van der Waals surface area contributed by atoms with Gasteiger partial charge in [0.1, 0.15) is 11.4 Å². The van der Waals surface area contributed by atoms with Crippen LogP contribution in [-0.4, -0.2) is 27.5 Å². The molecule has 0 unspecified atom stereocenters. The number of urea groups is 1. The number of carbonyl (C=O) groups excluding carboxylic acids is 1. The molecule has 0 aromatic carbocycles. The Bertz CT molecular complexity index is 647. The maximum Gasteiger partial charge on any atom is 0.320 e. The second-order valence-corrected chi connectivity index (χ2v) is 7.12. The Balaban J connectivity index is 1.91. The molecule has 6 nitrogen and oxygen atoms in total. The van der Waals surface area contributed by atoms with Gasteiger partial charge in [-0.05, 0) is 41.7 Å². The van der Waals surface area contributed by atoms with Crippen molar-refractivity contribution in [1.82, 2.24) is 15.1 Å². The van der Waals surface area contributed by atoms with Gasteiger partial charge in [-0.15, -0.1) is 0 Å². The molecule has 2 aromatic heterocycles. The summed E-state index contributed by atoms with van der Waals surface area (Å²) in [4.78, 5) is 12.0. The number of nitrogens with zero attached hydrogens (tertiary/aromatic N) is 2. The van der Waals surface area contributed by atoms with Gasteiger partial charge < -0.3 is 10.4 Å². The average Bonchev–Trinajstić information content (AvgIpc) is 3.07. The van der Waals surface area contributed by atoms with E-state index in [2.05, 4.69) is 29.6 Å². The Kier molecular flexibility index (Phi) is 5.43. The molecule has 126 valence electrons. The summed E-state index contributed by atoms with van der Waals surface area (Å²) in [6, 6.07) is 3.36. The van der Waals surface area contributed by atoms with Crippen molar-refractivity contribution in [3.63, 3.8) is 0 Å². The predicted octanol–water partition coefficient (Wildman–Crippen LogP) is 2.71. The normalized spacial score (nSPS) is 13.8. The Labute approximate surface area is 140 Å². The van der Waals surface area contributed by atoms with Crippen LogP contribution in [0.1, 0.15) is 32.0 Å². The number of carbonyl (C=O) groups is 1. The van der Waals surface area contributed by atoms with Crippen molar-refractivity contribution in [2.75, 3.05) is 11.9 Å². The first-order chi connectivity index (χ1) is 10.8. The smallest absolute Gasteiger partial charge is 0.320 e. The van der Waals surface area contributed by atoms with Gasteiger partial charge in [0.15, 0.2) is 0 Å². The van der Waals surface area contributed by atoms with E-state index < -0.39 is 5.60 Å². The summed E-state index contributed by atoms with van der Waals surface area (Å²) >= 11 is 1.51.